The van der Waals surface area contributed by atoms with Gasteiger partial charge in [0.25, 0.3) is 5.91 Å². The molecule has 0 spiro atoms. The molecule has 24 heavy (non-hydrogen) atoms. The van der Waals surface area contributed by atoms with Crippen molar-refractivity contribution in [3.05, 3.63) is 65.2 Å². The van der Waals surface area contributed by atoms with Crippen LogP contribution in [0.5, 0.6) is 0 Å². The molecule has 1 amide bonds. The fourth-order valence-corrected chi connectivity index (χ4v) is 1.82. The lowest BCUT2D eigenvalue weighted by Crippen LogP contribution is -2.17. The molecular weight excluding hydrogens is 321 g/mol. The summed E-state index contributed by atoms with van der Waals surface area (Å²) in [6, 6.07) is 11.8. The SMILES string of the molecule is Cc1ccc(/C=N\OCC(=O)Nc2cccc(C(F)(F)F)c2)cc1. The lowest BCUT2D eigenvalue weighted by atomic mass is 10.2. The van der Waals surface area contributed by atoms with E-state index in [1.807, 2.05) is 31.2 Å². The first-order chi connectivity index (χ1) is 11.3. The fraction of sp³-hybridized carbons (Fsp3) is 0.176. The van der Waals surface area contributed by atoms with Crippen LogP contribution >= 0.6 is 0 Å². The van der Waals surface area contributed by atoms with Crippen LogP contribution in [-0.4, -0.2) is 18.7 Å². The highest BCUT2D eigenvalue weighted by Gasteiger charge is 2.30. The van der Waals surface area contributed by atoms with Gasteiger partial charge in [0.05, 0.1) is 11.8 Å². The van der Waals surface area contributed by atoms with Crippen molar-refractivity contribution in [1.29, 1.82) is 0 Å². The first-order valence-electron chi connectivity index (χ1n) is 7.04. The van der Waals surface area contributed by atoms with E-state index in [9.17, 15) is 18.0 Å². The summed E-state index contributed by atoms with van der Waals surface area (Å²) in [7, 11) is 0. The number of nitrogens with one attached hydrogen (secondary N) is 1. The predicted molar refractivity (Wildman–Crippen MR) is 84.8 cm³/mol. The van der Waals surface area contributed by atoms with Gasteiger partial charge in [0.15, 0.2) is 6.61 Å². The zero-order valence-corrected chi connectivity index (χ0v) is 12.8. The Balaban J connectivity index is 1.84. The molecule has 0 atom stereocenters. The Morgan fingerprint density at radius 3 is 2.58 bits per heavy atom. The zero-order valence-electron chi connectivity index (χ0n) is 12.8. The van der Waals surface area contributed by atoms with Gasteiger partial charge in [-0.15, -0.1) is 0 Å². The van der Waals surface area contributed by atoms with Crippen molar-refractivity contribution in [2.45, 2.75) is 13.1 Å². The number of carbonyl (C=O) groups excluding carboxylic acids is 1. The molecule has 0 unspecified atom stereocenters. The highest BCUT2D eigenvalue weighted by atomic mass is 19.4. The molecule has 0 aliphatic rings. The monoisotopic (exact) mass is 336 g/mol. The number of aryl methyl sites for hydroxylation is 1. The summed E-state index contributed by atoms with van der Waals surface area (Å²) in [5.74, 6) is -0.601. The molecular formula is C17H15F3N2O2. The third-order valence-electron chi connectivity index (χ3n) is 3.02. The summed E-state index contributed by atoms with van der Waals surface area (Å²) in [6.45, 7) is 1.55. The van der Waals surface area contributed by atoms with Crippen molar-refractivity contribution < 1.29 is 22.8 Å². The van der Waals surface area contributed by atoms with Gasteiger partial charge >= 0.3 is 6.18 Å². The number of benzene rings is 2. The molecule has 1 N–H and O–H groups in total. The Bertz CT molecular complexity index is 725. The summed E-state index contributed by atoms with van der Waals surface area (Å²) in [5.41, 5.74) is 1.12. The van der Waals surface area contributed by atoms with Gasteiger partial charge in [0.2, 0.25) is 0 Å². The Kier molecular flexibility index (Phi) is 5.57. The highest BCUT2D eigenvalue weighted by Crippen LogP contribution is 2.30. The molecule has 0 saturated heterocycles. The van der Waals surface area contributed by atoms with E-state index in [-0.39, 0.29) is 5.69 Å². The molecule has 7 heteroatoms. The average Bonchev–Trinajstić information content (AvgIpc) is 2.53. The molecule has 0 aliphatic heterocycles. The molecule has 0 saturated carbocycles. The van der Waals surface area contributed by atoms with Gasteiger partial charge in [0.1, 0.15) is 0 Å². The predicted octanol–water partition coefficient (Wildman–Crippen LogP) is 4.00. The Hall–Kier alpha value is -2.83. The zero-order chi connectivity index (χ0) is 17.6. The molecule has 2 aromatic rings. The average molecular weight is 336 g/mol. The molecule has 0 aromatic heterocycles. The van der Waals surface area contributed by atoms with Crippen molar-refractivity contribution in [3.63, 3.8) is 0 Å². The van der Waals surface area contributed by atoms with Crippen LogP contribution < -0.4 is 5.32 Å². The summed E-state index contributed by atoms with van der Waals surface area (Å²) >= 11 is 0. The van der Waals surface area contributed by atoms with Gasteiger partial charge in [-0.05, 0) is 30.7 Å². The highest BCUT2D eigenvalue weighted by molar-refractivity contribution is 5.91. The molecule has 126 valence electrons. The largest absolute Gasteiger partial charge is 0.416 e. The third-order valence-corrected chi connectivity index (χ3v) is 3.02. The van der Waals surface area contributed by atoms with Gasteiger partial charge in [-0.25, -0.2) is 0 Å². The second-order valence-corrected chi connectivity index (χ2v) is 5.05. The number of alkyl halides is 3. The Morgan fingerprint density at radius 1 is 1.21 bits per heavy atom. The summed E-state index contributed by atoms with van der Waals surface area (Å²) in [4.78, 5) is 16.5. The topological polar surface area (TPSA) is 50.7 Å². The van der Waals surface area contributed by atoms with E-state index in [2.05, 4.69) is 10.5 Å². The molecule has 2 rings (SSSR count). The molecule has 0 aliphatic carbocycles. The van der Waals surface area contributed by atoms with Crippen LogP contribution in [0.15, 0.2) is 53.7 Å². The van der Waals surface area contributed by atoms with Crippen molar-refractivity contribution in [2.24, 2.45) is 5.16 Å². The molecule has 0 heterocycles. The van der Waals surface area contributed by atoms with Crippen LogP contribution in [0.4, 0.5) is 18.9 Å². The number of carbonyl (C=O) groups is 1. The van der Waals surface area contributed by atoms with Gasteiger partial charge < -0.3 is 10.2 Å². The fourth-order valence-electron chi connectivity index (χ4n) is 1.82. The summed E-state index contributed by atoms with van der Waals surface area (Å²) in [5, 5.41) is 5.97. The first kappa shape index (κ1) is 17.5. The van der Waals surface area contributed by atoms with E-state index in [0.717, 1.165) is 23.3 Å². The molecule has 0 radical (unpaired) electrons. The van der Waals surface area contributed by atoms with Crippen LogP contribution in [0, 0.1) is 6.92 Å². The van der Waals surface area contributed by atoms with E-state index >= 15 is 0 Å². The number of rotatable bonds is 5. The summed E-state index contributed by atoms with van der Waals surface area (Å²) < 4.78 is 37.8. The Morgan fingerprint density at radius 2 is 1.92 bits per heavy atom. The van der Waals surface area contributed by atoms with E-state index < -0.39 is 24.3 Å². The van der Waals surface area contributed by atoms with Crippen molar-refractivity contribution in [2.75, 3.05) is 11.9 Å². The van der Waals surface area contributed by atoms with Crippen molar-refractivity contribution in [3.8, 4) is 0 Å². The first-order valence-corrected chi connectivity index (χ1v) is 7.04. The van der Waals surface area contributed by atoms with Crippen LogP contribution in [0.3, 0.4) is 0 Å². The van der Waals surface area contributed by atoms with Crippen LogP contribution in [0.1, 0.15) is 16.7 Å². The lowest BCUT2D eigenvalue weighted by Gasteiger charge is -2.09. The van der Waals surface area contributed by atoms with Crippen LogP contribution in [0.25, 0.3) is 0 Å². The minimum Gasteiger partial charge on any atom is -0.386 e. The molecule has 2 aromatic carbocycles. The van der Waals surface area contributed by atoms with Crippen LogP contribution in [-0.2, 0) is 15.8 Å². The third kappa shape index (κ3) is 5.42. The van der Waals surface area contributed by atoms with Gasteiger partial charge in [-0.1, -0.05) is 41.1 Å². The quantitative estimate of drug-likeness (QED) is 0.663. The van der Waals surface area contributed by atoms with E-state index in [1.54, 1.807) is 0 Å². The van der Waals surface area contributed by atoms with Gasteiger partial charge in [-0.2, -0.15) is 13.2 Å². The maximum Gasteiger partial charge on any atom is 0.416 e. The molecule has 0 bridgehead atoms. The maximum atomic E-state index is 12.6. The summed E-state index contributed by atoms with van der Waals surface area (Å²) in [6.07, 6.45) is -3.02. The minimum absolute atomic E-state index is 0.0425. The smallest absolute Gasteiger partial charge is 0.386 e. The maximum absolute atomic E-state index is 12.6. The number of oxime groups is 1. The van der Waals surface area contributed by atoms with Crippen LogP contribution in [0.2, 0.25) is 0 Å². The second kappa shape index (κ2) is 7.63. The van der Waals surface area contributed by atoms with E-state index in [0.29, 0.717) is 0 Å². The number of halogens is 3. The van der Waals surface area contributed by atoms with E-state index in [4.69, 9.17) is 4.84 Å². The number of amides is 1. The molecule has 0 fully saturated rings. The Labute approximate surface area is 136 Å². The van der Waals surface area contributed by atoms with E-state index in [1.165, 1.54) is 18.3 Å². The van der Waals surface area contributed by atoms with Gasteiger partial charge in [-0.3, -0.25) is 4.79 Å². The second-order valence-electron chi connectivity index (χ2n) is 5.05. The molecule has 4 nitrogen and oxygen atoms in total. The normalized spacial score (nSPS) is 11.5. The minimum atomic E-state index is -4.46. The number of hydrogen-bond donors (Lipinski definition) is 1. The lowest BCUT2D eigenvalue weighted by molar-refractivity contribution is -0.137. The van der Waals surface area contributed by atoms with Crippen molar-refractivity contribution in [1.82, 2.24) is 0 Å². The van der Waals surface area contributed by atoms with Crippen molar-refractivity contribution >= 4 is 17.8 Å². The number of anilines is 1. The number of hydrogen-bond acceptors (Lipinski definition) is 3. The number of nitrogens with zero attached hydrogens (tertiary/aromatic N) is 1. The van der Waals surface area contributed by atoms with Gasteiger partial charge in [0, 0.05) is 5.69 Å². The standard InChI is InChI=1S/C17H15F3N2O2/c1-12-5-7-13(8-6-12)10-21-24-11-16(23)22-15-4-2-3-14(9-15)17(18,19)20/h2-10H,11H2,1H3,(H,22,23)/b21-10-.